The average Bonchev–Trinajstić information content (AvgIpc) is 3.21. The molecule has 0 radical (unpaired) electrons. The molecule has 0 spiro atoms. The Balaban J connectivity index is 1.62. The molecule has 1 N–H and O–H groups in total. The van der Waals surface area contributed by atoms with Crippen molar-refractivity contribution in [2.75, 3.05) is 39.0 Å². The fourth-order valence-electron chi connectivity index (χ4n) is 3.86. The molecule has 2 aliphatic heterocycles. The first kappa shape index (κ1) is 21.7. The molecule has 2 atom stereocenters. The zero-order chi connectivity index (χ0) is 20.4. The smallest absolute Gasteiger partial charge is 0.252 e. The molecule has 0 bridgehead atoms. The van der Waals surface area contributed by atoms with Crippen LogP contribution < -0.4 is 4.72 Å². The van der Waals surface area contributed by atoms with Gasteiger partial charge in [0, 0.05) is 32.7 Å². The predicted molar refractivity (Wildman–Crippen MR) is 108 cm³/mol. The van der Waals surface area contributed by atoms with Crippen molar-refractivity contribution in [3.63, 3.8) is 0 Å². The molecule has 1 aromatic heterocycles. The topological polar surface area (TPSA) is 104 Å². The summed E-state index contributed by atoms with van der Waals surface area (Å²) in [6.07, 6.45) is 4.16. The van der Waals surface area contributed by atoms with Crippen molar-refractivity contribution in [3.05, 3.63) is 17.5 Å². The number of nitrogens with zero attached hydrogens (tertiary/aromatic N) is 2. The van der Waals surface area contributed by atoms with E-state index in [1.165, 1.54) is 15.6 Å². The lowest BCUT2D eigenvalue weighted by molar-refractivity contribution is -0.138. The molecule has 0 aliphatic carbocycles. The maximum absolute atomic E-state index is 13.0. The van der Waals surface area contributed by atoms with Crippen LogP contribution in [0.1, 0.15) is 25.7 Å². The predicted octanol–water partition coefficient (Wildman–Crippen LogP) is 0.937. The highest BCUT2D eigenvalue weighted by atomic mass is 32.2. The van der Waals surface area contributed by atoms with Crippen LogP contribution in [-0.2, 0) is 24.8 Å². The molecule has 2 aliphatic rings. The van der Waals surface area contributed by atoms with E-state index in [4.69, 9.17) is 0 Å². The zero-order valence-electron chi connectivity index (χ0n) is 15.9. The molecule has 2 unspecified atom stereocenters. The lowest BCUT2D eigenvalue weighted by atomic mass is 9.94. The Morgan fingerprint density at radius 1 is 1.18 bits per heavy atom. The van der Waals surface area contributed by atoms with E-state index in [9.17, 15) is 21.6 Å². The third-order valence-electron chi connectivity index (χ3n) is 5.29. The van der Waals surface area contributed by atoms with Gasteiger partial charge in [-0.2, -0.15) is 4.31 Å². The van der Waals surface area contributed by atoms with Crippen LogP contribution in [0.4, 0.5) is 0 Å². The fourth-order valence-corrected chi connectivity index (χ4v) is 7.07. The summed E-state index contributed by atoms with van der Waals surface area (Å²) in [5.74, 6) is -0.276. The molecule has 2 saturated heterocycles. The van der Waals surface area contributed by atoms with Crippen LogP contribution in [0.25, 0.3) is 0 Å². The third-order valence-corrected chi connectivity index (χ3v) is 9.22. The van der Waals surface area contributed by atoms with E-state index < -0.39 is 20.0 Å². The van der Waals surface area contributed by atoms with E-state index in [0.29, 0.717) is 43.2 Å². The van der Waals surface area contributed by atoms with Gasteiger partial charge in [0.15, 0.2) is 0 Å². The average molecular weight is 450 g/mol. The summed E-state index contributed by atoms with van der Waals surface area (Å²) in [5, 5.41) is 1.73. The van der Waals surface area contributed by atoms with Crippen LogP contribution in [0, 0.1) is 11.8 Å². The van der Waals surface area contributed by atoms with Gasteiger partial charge < -0.3 is 4.90 Å². The summed E-state index contributed by atoms with van der Waals surface area (Å²) in [4.78, 5) is 14.8. The highest BCUT2D eigenvalue weighted by Gasteiger charge is 2.36. The van der Waals surface area contributed by atoms with E-state index >= 15 is 0 Å². The number of hydrogen-bond acceptors (Lipinski definition) is 6. The van der Waals surface area contributed by atoms with Gasteiger partial charge in [0.25, 0.3) is 10.0 Å². The Bertz CT molecular complexity index is 883. The molecule has 2 fully saturated rings. The van der Waals surface area contributed by atoms with Gasteiger partial charge in [-0.1, -0.05) is 6.07 Å². The molecule has 3 rings (SSSR count). The number of thiophene rings is 1. The number of carbonyl (C=O) groups excluding carboxylic acids is 1. The largest absolute Gasteiger partial charge is 0.342 e. The first-order chi connectivity index (χ1) is 13.2. The van der Waals surface area contributed by atoms with Crippen LogP contribution in [0.15, 0.2) is 21.7 Å². The molecule has 158 valence electrons. The number of likely N-dealkylation sites (tertiary alicyclic amines) is 1. The normalized spacial score (nSPS) is 25.0. The summed E-state index contributed by atoms with van der Waals surface area (Å²) >= 11 is 1.19. The minimum atomic E-state index is -3.55. The van der Waals surface area contributed by atoms with Gasteiger partial charge in [0.2, 0.25) is 15.9 Å². The Morgan fingerprint density at radius 3 is 2.61 bits per heavy atom. The number of amides is 1. The van der Waals surface area contributed by atoms with Gasteiger partial charge in [-0.05, 0) is 43.0 Å². The number of hydrogen-bond donors (Lipinski definition) is 1. The van der Waals surface area contributed by atoms with Gasteiger partial charge in [0.05, 0.1) is 12.2 Å². The van der Waals surface area contributed by atoms with Crippen LogP contribution in [-0.4, -0.2) is 70.9 Å². The first-order valence-corrected chi connectivity index (χ1v) is 13.6. The van der Waals surface area contributed by atoms with Crippen molar-refractivity contribution in [2.45, 2.75) is 29.9 Å². The Kier molecular flexibility index (Phi) is 6.80. The molecule has 3 heterocycles. The summed E-state index contributed by atoms with van der Waals surface area (Å²) in [6, 6.07) is 3.30. The molecule has 1 aromatic rings. The van der Waals surface area contributed by atoms with Gasteiger partial charge in [-0.15, -0.1) is 11.3 Å². The Hall–Kier alpha value is -1.01. The van der Waals surface area contributed by atoms with Crippen molar-refractivity contribution in [1.29, 1.82) is 0 Å². The SMILES string of the molecule is CS(=O)(=O)NCC1CCCN(C(=O)C2CCCN(S(=O)(=O)c3cccs3)C2)C1. The first-order valence-electron chi connectivity index (χ1n) is 9.44. The second-order valence-corrected chi connectivity index (χ2v) is 12.5. The number of sulfonamides is 2. The maximum Gasteiger partial charge on any atom is 0.252 e. The number of carbonyl (C=O) groups is 1. The Labute approximate surface area is 171 Å². The fraction of sp³-hybridized carbons (Fsp3) is 0.706. The summed E-state index contributed by atoms with van der Waals surface area (Å²) in [7, 11) is -6.80. The van der Waals surface area contributed by atoms with Gasteiger partial charge in [-0.25, -0.2) is 21.6 Å². The quantitative estimate of drug-likeness (QED) is 0.696. The second kappa shape index (κ2) is 8.78. The molecular weight excluding hydrogens is 422 g/mol. The van der Waals surface area contributed by atoms with E-state index in [2.05, 4.69) is 4.72 Å². The van der Waals surface area contributed by atoms with E-state index in [1.807, 2.05) is 0 Å². The van der Waals surface area contributed by atoms with Crippen molar-refractivity contribution < 1.29 is 21.6 Å². The molecular formula is C17H27N3O5S3. The van der Waals surface area contributed by atoms with E-state index in [1.54, 1.807) is 22.4 Å². The monoisotopic (exact) mass is 449 g/mol. The molecule has 1 amide bonds. The van der Waals surface area contributed by atoms with Crippen LogP contribution >= 0.6 is 11.3 Å². The standard InChI is InChI=1S/C17H27N3O5S3/c1-27(22,23)18-11-14-5-2-8-19(12-14)17(21)15-6-3-9-20(13-15)28(24,25)16-7-4-10-26-16/h4,7,10,14-15,18H,2-3,5-6,8-9,11-13H2,1H3. The van der Waals surface area contributed by atoms with Gasteiger partial charge in [0.1, 0.15) is 4.21 Å². The van der Waals surface area contributed by atoms with Crippen molar-refractivity contribution in [3.8, 4) is 0 Å². The summed E-state index contributed by atoms with van der Waals surface area (Å²) < 4.78 is 52.4. The highest BCUT2D eigenvalue weighted by molar-refractivity contribution is 7.91. The lowest BCUT2D eigenvalue weighted by Crippen LogP contribution is -2.50. The molecule has 11 heteroatoms. The van der Waals surface area contributed by atoms with Crippen molar-refractivity contribution in [1.82, 2.24) is 13.9 Å². The number of nitrogens with one attached hydrogen (secondary N) is 1. The van der Waals surface area contributed by atoms with Crippen LogP contribution in [0.2, 0.25) is 0 Å². The molecule has 0 saturated carbocycles. The number of piperidine rings is 2. The minimum Gasteiger partial charge on any atom is -0.342 e. The second-order valence-electron chi connectivity index (χ2n) is 7.55. The van der Waals surface area contributed by atoms with Crippen LogP contribution in [0.5, 0.6) is 0 Å². The summed E-state index contributed by atoms with van der Waals surface area (Å²) in [5.41, 5.74) is 0. The van der Waals surface area contributed by atoms with Crippen molar-refractivity contribution in [2.24, 2.45) is 11.8 Å². The maximum atomic E-state index is 13.0. The van der Waals surface area contributed by atoms with Crippen LogP contribution in [0.3, 0.4) is 0 Å². The minimum absolute atomic E-state index is 0.0184. The lowest BCUT2D eigenvalue weighted by Gasteiger charge is -2.37. The van der Waals surface area contributed by atoms with Crippen molar-refractivity contribution >= 4 is 37.3 Å². The Morgan fingerprint density at radius 2 is 1.93 bits per heavy atom. The third kappa shape index (κ3) is 5.32. The highest BCUT2D eigenvalue weighted by Crippen LogP contribution is 2.28. The molecule has 8 nitrogen and oxygen atoms in total. The van der Waals surface area contributed by atoms with E-state index in [0.717, 1.165) is 19.1 Å². The molecule has 0 aromatic carbocycles. The zero-order valence-corrected chi connectivity index (χ0v) is 18.4. The molecule has 28 heavy (non-hydrogen) atoms. The van der Waals surface area contributed by atoms with Gasteiger partial charge >= 0.3 is 0 Å². The van der Waals surface area contributed by atoms with E-state index in [-0.39, 0.29) is 24.3 Å². The number of rotatable bonds is 6. The van der Waals surface area contributed by atoms with Gasteiger partial charge in [-0.3, -0.25) is 4.79 Å². The summed E-state index contributed by atoms with van der Waals surface area (Å²) in [6.45, 7) is 2.12.